The molecule has 118 valence electrons. The monoisotopic (exact) mass is 312 g/mol. The van der Waals surface area contributed by atoms with Crippen LogP contribution in [0.3, 0.4) is 0 Å². The first-order valence-electron chi connectivity index (χ1n) is 7.30. The molecule has 21 heavy (non-hydrogen) atoms. The maximum Gasteiger partial charge on any atom is 0.245 e. The highest BCUT2D eigenvalue weighted by Gasteiger charge is 2.30. The summed E-state index contributed by atoms with van der Waals surface area (Å²) in [5.41, 5.74) is 2.89. The summed E-state index contributed by atoms with van der Waals surface area (Å²) in [6.07, 6.45) is 1.08. The second-order valence-electron chi connectivity index (χ2n) is 5.34. The third-order valence-electron chi connectivity index (χ3n) is 4.15. The first kappa shape index (κ1) is 16.2. The number of nitrogens with zero attached hydrogens (tertiary/aromatic N) is 2. The molecule has 7 heteroatoms. The fraction of sp³-hybridized carbons (Fsp3) is 0.571. The van der Waals surface area contributed by atoms with Gasteiger partial charge in [-0.15, -0.1) is 0 Å². The normalized spacial score (nSPS) is 19.4. The first-order valence-corrected chi connectivity index (χ1v) is 8.74. The van der Waals surface area contributed by atoms with Crippen molar-refractivity contribution < 1.29 is 8.42 Å². The molecule has 0 bridgehead atoms. The summed E-state index contributed by atoms with van der Waals surface area (Å²) in [7, 11) is -3.50. The lowest BCUT2D eigenvalue weighted by Gasteiger charge is -2.37. The standard InChI is InChI=1S/C14H24N4O2S/c1-3-12(2)17-8-10-18(11-9-17)21(19,20)14-7-5-4-6-13(14)16-15/h4-7,12,16H,3,8-11,15H2,1-2H3. The molecular weight excluding hydrogens is 288 g/mol. The highest BCUT2D eigenvalue weighted by Crippen LogP contribution is 2.25. The van der Waals surface area contributed by atoms with Gasteiger partial charge in [0.1, 0.15) is 4.90 Å². The summed E-state index contributed by atoms with van der Waals surface area (Å²) in [6, 6.07) is 7.22. The lowest BCUT2D eigenvalue weighted by molar-refractivity contribution is 0.142. The SMILES string of the molecule is CCC(C)N1CCN(S(=O)(=O)c2ccccc2NN)CC1. The number of hydrazine groups is 1. The molecule has 0 aliphatic carbocycles. The fourth-order valence-electron chi connectivity index (χ4n) is 2.59. The van der Waals surface area contributed by atoms with Gasteiger partial charge in [-0.25, -0.2) is 8.42 Å². The average molecular weight is 312 g/mol. The fourth-order valence-corrected chi connectivity index (χ4v) is 4.17. The van der Waals surface area contributed by atoms with Gasteiger partial charge in [0.15, 0.2) is 0 Å². The van der Waals surface area contributed by atoms with Crippen molar-refractivity contribution in [1.29, 1.82) is 0 Å². The topological polar surface area (TPSA) is 78.7 Å². The number of anilines is 1. The van der Waals surface area contributed by atoms with Crippen LogP contribution >= 0.6 is 0 Å². The van der Waals surface area contributed by atoms with Gasteiger partial charge in [-0.05, 0) is 25.5 Å². The molecule has 1 aliphatic heterocycles. The van der Waals surface area contributed by atoms with E-state index in [0.29, 0.717) is 24.8 Å². The molecule has 2 rings (SSSR count). The molecule has 0 radical (unpaired) electrons. The Morgan fingerprint density at radius 3 is 2.43 bits per heavy atom. The van der Waals surface area contributed by atoms with Crippen LogP contribution in [0.1, 0.15) is 20.3 Å². The van der Waals surface area contributed by atoms with Crippen LogP contribution in [0.15, 0.2) is 29.2 Å². The Balaban J connectivity index is 2.15. The van der Waals surface area contributed by atoms with Crippen LogP contribution in [0.4, 0.5) is 5.69 Å². The zero-order chi connectivity index (χ0) is 15.5. The third-order valence-corrected chi connectivity index (χ3v) is 6.10. The van der Waals surface area contributed by atoms with E-state index < -0.39 is 10.0 Å². The largest absolute Gasteiger partial charge is 0.323 e. The molecule has 0 amide bonds. The molecule has 1 aliphatic rings. The molecule has 1 aromatic rings. The van der Waals surface area contributed by atoms with Crippen molar-refractivity contribution in [2.45, 2.75) is 31.2 Å². The third kappa shape index (κ3) is 3.37. The molecule has 1 atom stereocenters. The van der Waals surface area contributed by atoms with Crippen LogP contribution < -0.4 is 11.3 Å². The summed E-state index contributed by atoms with van der Waals surface area (Å²) in [4.78, 5) is 2.57. The highest BCUT2D eigenvalue weighted by molar-refractivity contribution is 7.89. The summed E-state index contributed by atoms with van der Waals surface area (Å²) in [5.74, 6) is 5.42. The van der Waals surface area contributed by atoms with Gasteiger partial charge in [-0.2, -0.15) is 4.31 Å². The van der Waals surface area contributed by atoms with Crippen LogP contribution in [0.25, 0.3) is 0 Å². The number of piperazine rings is 1. The van der Waals surface area contributed by atoms with Crippen molar-refractivity contribution in [3.05, 3.63) is 24.3 Å². The van der Waals surface area contributed by atoms with Gasteiger partial charge in [-0.3, -0.25) is 10.7 Å². The predicted octanol–water partition coefficient (Wildman–Crippen LogP) is 1.08. The maximum atomic E-state index is 12.7. The van der Waals surface area contributed by atoms with E-state index in [2.05, 4.69) is 24.2 Å². The number of rotatable bonds is 5. The van der Waals surface area contributed by atoms with E-state index in [0.717, 1.165) is 19.5 Å². The van der Waals surface area contributed by atoms with E-state index in [1.165, 1.54) is 0 Å². The number of hydrogen-bond acceptors (Lipinski definition) is 5. The molecule has 1 heterocycles. The van der Waals surface area contributed by atoms with Crippen molar-refractivity contribution >= 4 is 15.7 Å². The number of benzene rings is 1. The summed E-state index contributed by atoms with van der Waals surface area (Å²) in [6.45, 7) is 6.91. The van der Waals surface area contributed by atoms with E-state index in [9.17, 15) is 8.42 Å². The molecule has 0 aromatic heterocycles. The zero-order valence-electron chi connectivity index (χ0n) is 12.6. The van der Waals surface area contributed by atoms with E-state index >= 15 is 0 Å². The van der Waals surface area contributed by atoms with Gasteiger partial charge in [-0.1, -0.05) is 19.1 Å². The second kappa shape index (κ2) is 6.74. The van der Waals surface area contributed by atoms with Crippen molar-refractivity contribution in [3.8, 4) is 0 Å². The Bertz CT molecular complexity index is 568. The van der Waals surface area contributed by atoms with Crippen LogP contribution in [0.2, 0.25) is 0 Å². The van der Waals surface area contributed by atoms with Gasteiger partial charge in [0.25, 0.3) is 0 Å². The Morgan fingerprint density at radius 2 is 1.86 bits per heavy atom. The Kier molecular flexibility index (Phi) is 5.21. The molecule has 0 spiro atoms. The minimum Gasteiger partial charge on any atom is -0.323 e. The van der Waals surface area contributed by atoms with Crippen molar-refractivity contribution in [2.75, 3.05) is 31.6 Å². The summed E-state index contributed by atoms with van der Waals surface area (Å²) < 4.78 is 27.0. The Hall–Kier alpha value is -1.15. The number of nitrogens with one attached hydrogen (secondary N) is 1. The molecule has 1 saturated heterocycles. The Labute approximate surface area is 126 Å². The van der Waals surface area contributed by atoms with Gasteiger partial charge in [0.2, 0.25) is 10.0 Å². The van der Waals surface area contributed by atoms with Gasteiger partial charge in [0, 0.05) is 32.2 Å². The van der Waals surface area contributed by atoms with E-state index in [4.69, 9.17) is 5.84 Å². The zero-order valence-corrected chi connectivity index (χ0v) is 13.4. The first-order chi connectivity index (χ1) is 10.0. The van der Waals surface area contributed by atoms with E-state index in [1.807, 2.05) is 0 Å². The minimum atomic E-state index is -3.50. The molecule has 3 N–H and O–H groups in total. The van der Waals surface area contributed by atoms with Crippen molar-refractivity contribution in [3.63, 3.8) is 0 Å². The molecule has 1 aromatic carbocycles. The quantitative estimate of drug-likeness (QED) is 0.628. The van der Waals surface area contributed by atoms with Crippen molar-refractivity contribution in [1.82, 2.24) is 9.21 Å². The lowest BCUT2D eigenvalue weighted by Crippen LogP contribution is -2.51. The summed E-state index contributed by atoms with van der Waals surface area (Å²) in [5, 5.41) is 0. The number of para-hydroxylation sites is 1. The second-order valence-corrected chi connectivity index (χ2v) is 7.24. The number of sulfonamides is 1. The summed E-state index contributed by atoms with van der Waals surface area (Å²) >= 11 is 0. The molecule has 1 fully saturated rings. The maximum absolute atomic E-state index is 12.7. The number of nitrogens with two attached hydrogens (primary N) is 1. The molecule has 0 saturated carbocycles. The Morgan fingerprint density at radius 1 is 1.24 bits per heavy atom. The van der Waals surface area contributed by atoms with Gasteiger partial charge < -0.3 is 5.43 Å². The average Bonchev–Trinajstić information content (AvgIpc) is 2.54. The number of hydrogen-bond donors (Lipinski definition) is 2. The van der Waals surface area contributed by atoms with E-state index in [1.54, 1.807) is 28.6 Å². The van der Waals surface area contributed by atoms with Gasteiger partial charge >= 0.3 is 0 Å². The number of nitrogen functional groups attached to an aromatic ring is 1. The smallest absolute Gasteiger partial charge is 0.245 e. The highest BCUT2D eigenvalue weighted by atomic mass is 32.2. The predicted molar refractivity (Wildman–Crippen MR) is 84.3 cm³/mol. The van der Waals surface area contributed by atoms with Gasteiger partial charge in [0.05, 0.1) is 5.69 Å². The van der Waals surface area contributed by atoms with Crippen molar-refractivity contribution in [2.24, 2.45) is 5.84 Å². The molecule has 1 unspecified atom stereocenters. The minimum absolute atomic E-state index is 0.240. The van der Waals surface area contributed by atoms with Crippen LogP contribution in [-0.2, 0) is 10.0 Å². The van der Waals surface area contributed by atoms with Crippen LogP contribution in [0.5, 0.6) is 0 Å². The van der Waals surface area contributed by atoms with Crippen LogP contribution in [0, 0.1) is 0 Å². The molecular formula is C14H24N4O2S. The molecule has 6 nitrogen and oxygen atoms in total. The van der Waals surface area contributed by atoms with E-state index in [-0.39, 0.29) is 4.90 Å². The lowest BCUT2D eigenvalue weighted by atomic mass is 10.2. The van der Waals surface area contributed by atoms with Crippen LogP contribution in [-0.4, -0.2) is 49.8 Å².